The van der Waals surface area contributed by atoms with E-state index in [1.165, 1.54) is 7.62 Å². The Morgan fingerprint density at radius 3 is 2.27 bits per heavy atom. The number of carbonyl (C=O) groups excluding carboxylic acids is 1. The van der Waals surface area contributed by atoms with Crippen LogP contribution in [-0.2, 0) is 9.45 Å². The normalized spacial score (nSPS) is 9.73. The van der Waals surface area contributed by atoms with Crippen LogP contribution < -0.4 is 0 Å². The quantitative estimate of drug-likeness (QED) is 0.403. The van der Waals surface area contributed by atoms with E-state index >= 15 is 0 Å². The number of hydrogen-bond donors (Lipinski definition) is 0. The topological polar surface area (TPSA) is 29.5 Å². The summed E-state index contributed by atoms with van der Waals surface area (Å²) in [7, 11) is 1.49. The molecular formula is C7H15BNO2. The van der Waals surface area contributed by atoms with Crippen molar-refractivity contribution in [2.24, 2.45) is 0 Å². The molecule has 0 N–H and O–H groups in total. The van der Waals surface area contributed by atoms with E-state index in [1.807, 2.05) is 4.81 Å². The lowest BCUT2D eigenvalue weighted by Crippen LogP contribution is -2.31. The minimum absolute atomic E-state index is 0.443. The Balaban J connectivity index is 3.41. The van der Waals surface area contributed by atoms with E-state index in [9.17, 15) is 4.79 Å². The van der Waals surface area contributed by atoms with Crippen molar-refractivity contribution in [2.45, 2.75) is 26.7 Å². The van der Waals surface area contributed by atoms with E-state index in [-0.39, 0.29) is 0 Å². The van der Waals surface area contributed by atoms with Crippen molar-refractivity contribution in [1.29, 1.82) is 0 Å². The lowest BCUT2D eigenvalue weighted by Gasteiger charge is -2.16. The minimum Gasteiger partial charge on any atom is -0.524 e. The maximum Gasteiger partial charge on any atom is 0.482 e. The third-order valence-corrected chi connectivity index (χ3v) is 1.29. The van der Waals surface area contributed by atoms with Gasteiger partial charge in [-0.05, 0) is 25.9 Å². The van der Waals surface area contributed by atoms with Crippen LogP contribution >= 0.6 is 0 Å². The second kappa shape index (κ2) is 7.60. The zero-order chi connectivity index (χ0) is 8.53. The molecule has 0 aromatic heterocycles. The van der Waals surface area contributed by atoms with E-state index < -0.39 is 0 Å². The summed E-state index contributed by atoms with van der Waals surface area (Å²) in [6.07, 6.45) is 2.14. The highest BCUT2D eigenvalue weighted by molar-refractivity contribution is 6.25. The summed E-state index contributed by atoms with van der Waals surface area (Å²) < 4.78 is 4.52. The van der Waals surface area contributed by atoms with Gasteiger partial charge in [0.2, 0.25) is 0 Å². The van der Waals surface area contributed by atoms with Crippen LogP contribution in [0.3, 0.4) is 0 Å². The van der Waals surface area contributed by atoms with Gasteiger partial charge < -0.3 is 9.47 Å². The maximum absolute atomic E-state index is 9.84. The van der Waals surface area contributed by atoms with Gasteiger partial charge >= 0.3 is 7.62 Å². The Morgan fingerprint density at radius 1 is 1.36 bits per heavy atom. The third kappa shape index (κ3) is 5.92. The summed E-state index contributed by atoms with van der Waals surface area (Å²) in [4.78, 5) is 11.8. The first-order chi connectivity index (χ1) is 5.35. The molecule has 0 heterocycles. The summed E-state index contributed by atoms with van der Waals surface area (Å²) in [6.45, 7) is 6.52. The Bertz CT molecular complexity index is 94.4. The van der Waals surface area contributed by atoms with Gasteiger partial charge in [-0.2, -0.15) is 0 Å². The van der Waals surface area contributed by atoms with Crippen molar-refractivity contribution in [1.82, 2.24) is 4.81 Å². The molecule has 0 saturated carbocycles. The van der Waals surface area contributed by atoms with Gasteiger partial charge in [-0.3, -0.25) is 4.79 Å². The van der Waals surface area contributed by atoms with Crippen LogP contribution in [0, 0.1) is 0 Å². The molecule has 0 fully saturated rings. The molecule has 1 radical (unpaired) electrons. The minimum atomic E-state index is 0.443. The van der Waals surface area contributed by atoms with Gasteiger partial charge in [-0.25, -0.2) is 0 Å². The van der Waals surface area contributed by atoms with Gasteiger partial charge in [0, 0.05) is 0 Å². The van der Waals surface area contributed by atoms with Crippen molar-refractivity contribution in [2.75, 3.05) is 13.1 Å². The van der Waals surface area contributed by atoms with Crippen molar-refractivity contribution in [3.05, 3.63) is 0 Å². The fraction of sp³-hybridized carbons (Fsp3) is 0.857. The lowest BCUT2D eigenvalue weighted by molar-refractivity contribution is -0.121. The van der Waals surface area contributed by atoms with Gasteiger partial charge in [0.05, 0.1) is 0 Å². The van der Waals surface area contributed by atoms with Crippen molar-refractivity contribution >= 4 is 14.1 Å². The van der Waals surface area contributed by atoms with Crippen molar-refractivity contribution in [3.63, 3.8) is 0 Å². The molecule has 0 aliphatic rings. The SMILES string of the molecule is CCCN([B]OC=O)CCC. The fourth-order valence-corrected chi connectivity index (χ4v) is 0.903. The molecule has 0 amide bonds. The van der Waals surface area contributed by atoms with E-state index in [0.717, 1.165) is 25.9 Å². The van der Waals surface area contributed by atoms with E-state index in [4.69, 9.17) is 0 Å². The predicted molar refractivity (Wildman–Crippen MR) is 45.1 cm³/mol. The Kier molecular flexibility index (Phi) is 7.25. The van der Waals surface area contributed by atoms with Crippen molar-refractivity contribution in [3.8, 4) is 0 Å². The molecule has 0 atom stereocenters. The van der Waals surface area contributed by atoms with Gasteiger partial charge in [0.1, 0.15) is 0 Å². The standard InChI is InChI=1S/C7H15BNO2/c1-3-5-9(6-4-2)8-11-7-10/h7H,3-6H2,1-2H3. The molecule has 0 aromatic carbocycles. The molecule has 0 rings (SSSR count). The molecule has 4 heteroatoms. The fourth-order valence-electron chi connectivity index (χ4n) is 0.903. The molecule has 0 spiro atoms. The average molecular weight is 156 g/mol. The Morgan fingerprint density at radius 2 is 1.91 bits per heavy atom. The van der Waals surface area contributed by atoms with E-state index in [2.05, 4.69) is 18.5 Å². The third-order valence-electron chi connectivity index (χ3n) is 1.29. The predicted octanol–water partition coefficient (Wildman–Crippen LogP) is 0.816. The van der Waals surface area contributed by atoms with E-state index in [0.29, 0.717) is 6.47 Å². The molecular weight excluding hydrogens is 141 g/mol. The number of rotatable bonds is 7. The van der Waals surface area contributed by atoms with Crippen LogP contribution in [0.5, 0.6) is 0 Å². The van der Waals surface area contributed by atoms with Gasteiger partial charge in [0.25, 0.3) is 6.47 Å². The van der Waals surface area contributed by atoms with Gasteiger partial charge in [0.15, 0.2) is 0 Å². The zero-order valence-electron chi connectivity index (χ0n) is 7.25. The summed E-state index contributed by atoms with van der Waals surface area (Å²) >= 11 is 0. The molecule has 0 aromatic rings. The molecule has 0 unspecified atom stereocenters. The summed E-state index contributed by atoms with van der Waals surface area (Å²) in [6, 6.07) is 0. The number of hydrogen-bond acceptors (Lipinski definition) is 3. The van der Waals surface area contributed by atoms with Crippen LogP contribution in [0.25, 0.3) is 0 Å². The highest BCUT2D eigenvalue weighted by Crippen LogP contribution is 1.90. The van der Waals surface area contributed by atoms with Crippen LogP contribution in [0.15, 0.2) is 0 Å². The Labute approximate surface area is 69.0 Å². The van der Waals surface area contributed by atoms with Crippen LogP contribution in [0.4, 0.5) is 0 Å². The first-order valence-corrected chi connectivity index (χ1v) is 4.01. The highest BCUT2D eigenvalue weighted by Gasteiger charge is 2.05. The van der Waals surface area contributed by atoms with E-state index in [1.54, 1.807) is 0 Å². The van der Waals surface area contributed by atoms with Crippen LogP contribution in [0.2, 0.25) is 0 Å². The first-order valence-electron chi connectivity index (χ1n) is 4.01. The number of nitrogens with zero attached hydrogens (tertiary/aromatic N) is 1. The first kappa shape index (κ1) is 10.5. The molecule has 3 nitrogen and oxygen atoms in total. The zero-order valence-corrected chi connectivity index (χ0v) is 7.25. The largest absolute Gasteiger partial charge is 0.524 e. The second-order valence-electron chi connectivity index (χ2n) is 2.37. The van der Waals surface area contributed by atoms with Crippen molar-refractivity contribution < 1.29 is 9.45 Å². The average Bonchev–Trinajstić information content (AvgIpc) is 2.01. The lowest BCUT2D eigenvalue weighted by atomic mass is 10.1. The Hall–Kier alpha value is -0.505. The highest BCUT2D eigenvalue weighted by atomic mass is 16.5. The molecule has 0 aliphatic carbocycles. The second-order valence-corrected chi connectivity index (χ2v) is 2.37. The molecule has 63 valence electrons. The van der Waals surface area contributed by atoms with Crippen LogP contribution in [-0.4, -0.2) is 32.0 Å². The summed E-state index contributed by atoms with van der Waals surface area (Å²) in [5.41, 5.74) is 0. The smallest absolute Gasteiger partial charge is 0.482 e. The summed E-state index contributed by atoms with van der Waals surface area (Å²) in [5, 5.41) is 0. The van der Waals surface area contributed by atoms with Gasteiger partial charge in [-0.15, -0.1) is 0 Å². The number of carbonyl (C=O) groups is 1. The molecule has 11 heavy (non-hydrogen) atoms. The molecule has 0 aliphatic heterocycles. The van der Waals surface area contributed by atoms with Crippen LogP contribution in [0.1, 0.15) is 26.7 Å². The maximum atomic E-state index is 9.84. The van der Waals surface area contributed by atoms with Gasteiger partial charge in [-0.1, -0.05) is 13.8 Å². The monoisotopic (exact) mass is 156 g/mol. The molecule has 0 bridgehead atoms. The molecule has 0 saturated heterocycles. The summed E-state index contributed by atoms with van der Waals surface area (Å²) in [5.74, 6) is 0.